The van der Waals surface area contributed by atoms with E-state index in [2.05, 4.69) is 25.3 Å². The van der Waals surface area contributed by atoms with Gasteiger partial charge in [-0.25, -0.2) is 23.2 Å². The third kappa shape index (κ3) is 10.3. The number of benzene rings is 1. The molecule has 2 aliphatic heterocycles. The molecule has 3 N–H and O–H groups in total. The molecule has 2 aromatic rings. The molecule has 15 nitrogen and oxygen atoms in total. The molecule has 4 amide bonds. The number of carbonyl (C=O) groups is 4. The largest absolute Gasteiger partial charge is 0.494 e. The normalized spacial score (nSPS) is 28.1. The van der Waals surface area contributed by atoms with E-state index in [1.54, 1.807) is 26.0 Å². The van der Waals surface area contributed by atoms with Crippen molar-refractivity contribution < 1.29 is 68.1 Å². The number of allylic oxidation sites excluding steroid dienone is 1. The van der Waals surface area contributed by atoms with Crippen molar-refractivity contribution in [2.75, 3.05) is 19.8 Å². The van der Waals surface area contributed by atoms with E-state index in [1.165, 1.54) is 25.1 Å². The molecule has 354 valence electrons. The molecule has 6 rings (SSSR count). The summed E-state index contributed by atoms with van der Waals surface area (Å²) in [6.45, 7) is 7.43. The van der Waals surface area contributed by atoms with Crippen LogP contribution in [0.5, 0.6) is 11.6 Å². The van der Waals surface area contributed by atoms with Crippen LogP contribution in [0.25, 0.3) is 11.0 Å². The van der Waals surface area contributed by atoms with E-state index in [9.17, 15) is 53.9 Å². The Bertz CT molecular complexity index is 2270. The molecule has 1 aromatic carbocycles. The van der Waals surface area contributed by atoms with Gasteiger partial charge in [-0.2, -0.15) is 26.3 Å². The summed E-state index contributed by atoms with van der Waals surface area (Å²) in [5.74, 6) is -5.78. The van der Waals surface area contributed by atoms with Gasteiger partial charge in [0.05, 0.1) is 29.0 Å². The fourth-order valence-electron chi connectivity index (χ4n) is 8.18. The number of hydrogen-bond donors (Lipinski definition) is 3. The Morgan fingerprint density at radius 2 is 1.72 bits per heavy atom. The summed E-state index contributed by atoms with van der Waals surface area (Å²) in [4.78, 5) is 65.5. The molecule has 2 saturated carbocycles. The van der Waals surface area contributed by atoms with Crippen molar-refractivity contribution in [3.05, 3.63) is 36.0 Å². The fourth-order valence-corrected chi connectivity index (χ4v) is 9.49. The second-order valence-electron chi connectivity index (χ2n) is 18.1. The number of hydrogen-bond acceptors (Lipinski definition) is 11. The summed E-state index contributed by atoms with van der Waals surface area (Å²) >= 11 is 0. The van der Waals surface area contributed by atoms with Crippen LogP contribution in [0.4, 0.5) is 31.1 Å². The van der Waals surface area contributed by atoms with Gasteiger partial charge in [-0.05, 0) is 96.6 Å². The van der Waals surface area contributed by atoms with Crippen LogP contribution in [0, 0.1) is 23.7 Å². The van der Waals surface area contributed by atoms with E-state index in [1.807, 2.05) is 6.92 Å². The number of alkyl carbamates (subject to hydrolysis) is 1. The highest BCUT2D eigenvalue weighted by atomic mass is 32.2. The summed E-state index contributed by atoms with van der Waals surface area (Å²) in [5, 5.41) is 5.04. The summed E-state index contributed by atoms with van der Waals surface area (Å²) in [7, 11) is -4.17. The lowest BCUT2D eigenvalue weighted by Crippen LogP contribution is -2.60. The minimum Gasteiger partial charge on any atom is -0.494 e. The number of carbonyl (C=O) groups excluding carboxylic acids is 4. The third-order valence-electron chi connectivity index (χ3n) is 12.7. The van der Waals surface area contributed by atoms with Crippen molar-refractivity contribution in [2.45, 2.75) is 133 Å². The number of fused-ring (bicyclic) bond motifs is 3. The first-order valence-electron chi connectivity index (χ1n) is 21.3. The predicted octanol–water partition coefficient (Wildman–Crippen LogP) is 6.35. The number of nitrogens with zero attached hydrogens (tertiary/aromatic N) is 3. The van der Waals surface area contributed by atoms with Crippen LogP contribution in [0.15, 0.2) is 30.4 Å². The van der Waals surface area contributed by atoms with Gasteiger partial charge in [-0.15, -0.1) is 0 Å². The third-order valence-corrected chi connectivity index (χ3v) is 14.8. The van der Waals surface area contributed by atoms with Crippen molar-refractivity contribution in [3.63, 3.8) is 0 Å². The van der Waals surface area contributed by atoms with Crippen molar-refractivity contribution in [1.82, 2.24) is 30.2 Å². The lowest BCUT2D eigenvalue weighted by molar-refractivity contribution is -0.244. The van der Waals surface area contributed by atoms with Gasteiger partial charge < -0.3 is 29.7 Å². The molecule has 22 heteroatoms. The number of halogens is 6. The van der Waals surface area contributed by atoms with E-state index in [4.69, 9.17) is 14.2 Å². The highest BCUT2D eigenvalue weighted by Crippen LogP contribution is 2.48. The van der Waals surface area contributed by atoms with Crippen LogP contribution in [0.1, 0.15) is 98.6 Å². The summed E-state index contributed by atoms with van der Waals surface area (Å²) in [6.07, 6.45) is -6.13. The molecule has 1 unspecified atom stereocenters. The van der Waals surface area contributed by atoms with Gasteiger partial charge in [-0.3, -0.25) is 19.1 Å². The van der Waals surface area contributed by atoms with Crippen molar-refractivity contribution in [3.8, 4) is 11.6 Å². The molecular weight excluding hydrogens is 879 g/mol. The number of sulfonamides is 1. The van der Waals surface area contributed by atoms with Crippen molar-refractivity contribution >= 4 is 44.9 Å². The highest BCUT2D eigenvalue weighted by Gasteiger charge is 2.63. The first-order chi connectivity index (χ1) is 29.7. The van der Waals surface area contributed by atoms with Gasteiger partial charge in [0.25, 0.3) is 5.91 Å². The predicted molar refractivity (Wildman–Crippen MR) is 218 cm³/mol. The number of aromatic nitrogens is 2. The van der Waals surface area contributed by atoms with E-state index >= 15 is 0 Å². The molecule has 4 aliphatic rings. The Balaban J connectivity index is 1.36. The summed E-state index contributed by atoms with van der Waals surface area (Å²) in [5.41, 5.74) is -6.25. The molecule has 1 saturated heterocycles. The molecule has 3 heterocycles. The van der Waals surface area contributed by atoms with E-state index < -0.39 is 110 Å². The Labute approximate surface area is 366 Å². The van der Waals surface area contributed by atoms with Crippen LogP contribution < -0.4 is 24.8 Å². The Morgan fingerprint density at radius 1 is 1.02 bits per heavy atom. The van der Waals surface area contributed by atoms with Crippen LogP contribution in [-0.4, -0.2) is 101 Å². The molecule has 0 radical (unpaired) electrons. The van der Waals surface area contributed by atoms with Gasteiger partial charge in [-0.1, -0.05) is 32.4 Å². The lowest BCUT2D eigenvalue weighted by atomic mass is 9.85. The average molecular weight is 933 g/mol. The van der Waals surface area contributed by atoms with E-state index in [0.717, 1.165) is 4.90 Å². The van der Waals surface area contributed by atoms with Crippen LogP contribution in [0.2, 0.25) is 0 Å². The first-order valence-corrected chi connectivity index (χ1v) is 22.8. The number of alkyl halides is 6. The molecule has 0 bridgehead atoms. The minimum atomic E-state index is -5.02. The molecule has 7 atom stereocenters. The molecule has 3 fully saturated rings. The van der Waals surface area contributed by atoms with Gasteiger partial charge in [0.2, 0.25) is 39.0 Å². The molecule has 2 aliphatic carbocycles. The van der Waals surface area contributed by atoms with Crippen LogP contribution in [-0.2, 0) is 35.3 Å². The molecular formula is C42H54F6N6O9S. The lowest BCUT2D eigenvalue weighted by Gasteiger charge is -2.35. The molecule has 64 heavy (non-hydrogen) atoms. The number of rotatable bonds is 11. The zero-order chi connectivity index (χ0) is 47.2. The summed E-state index contributed by atoms with van der Waals surface area (Å²) in [6, 6.07) is 1.08. The zero-order valence-electron chi connectivity index (χ0n) is 36.3. The minimum absolute atomic E-state index is 0.00481. The summed E-state index contributed by atoms with van der Waals surface area (Å²) < 4.78 is 128. The molecule has 0 spiro atoms. The van der Waals surface area contributed by atoms with Gasteiger partial charge in [0.15, 0.2) is 0 Å². The van der Waals surface area contributed by atoms with Crippen LogP contribution in [0.3, 0.4) is 0 Å². The maximum Gasteiger partial charge on any atom is 0.438 e. The monoisotopic (exact) mass is 932 g/mol. The van der Waals surface area contributed by atoms with Crippen molar-refractivity contribution in [1.29, 1.82) is 0 Å². The smallest absolute Gasteiger partial charge is 0.438 e. The van der Waals surface area contributed by atoms with Crippen LogP contribution >= 0.6 is 0 Å². The second kappa shape index (κ2) is 17.8. The average Bonchev–Trinajstić information content (AvgIpc) is 4.08. The van der Waals surface area contributed by atoms with Crippen molar-refractivity contribution in [2.24, 2.45) is 23.7 Å². The Kier molecular flexibility index (Phi) is 13.5. The van der Waals surface area contributed by atoms with Gasteiger partial charge in [0.1, 0.15) is 23.4 Å². The standard InChI is InChI=1S/C42H54F6N6O9S/c1-7-25-17-23(3)11-9-10-12-26-20-40(26,36(57)53-64(59,60)39(6)15-16-39)52-33(55)30-18-24(21-54(30)35(56)31(25)51-37(58)63-38(4,5)42(46,47)48)22-62-34-32(41(43,44)45)49-28-14-13-27(61-8-2)19-29(28)50-34/h10,12-14,19,23-26,30-31H,7-9,11,15-18,20-22H2,1-6H3,(H,51,58)(H,52,55)(H,53,57)/b12-10-/t23-,24?,25-,26-,30+,31+,40-/m1/s1. The quantitative estimate of drug-likeness (QED) is 0.168. The number of amides is 4. The highest BCUT2D eigenvalue weighted by molar-refractivity contribution is 7.91. The molecule has 1 aromatic heterocycles. The SMILES string of the molecule is CCOc1ccc2nc(C(F)(F)F)c(OCC3C[C@H]4C(=O)N[C@]5(C(=O)NS(=O)(=O)C6(C)CC6)C[C@H]5/C=C\CC[C@@H](C)C[C@@H](CC)[C@H](NC(=O)OC(C)(C)C(F)(F)F)C(=O)N4C3)nc2c1. The fraction of sp³-hybridized carbons (Fsp3) is 0.667. The Morgan fingerprint density at radius 3 is 2.34 bits per heavy atom. The number of nitrogens with one attached hydrogen (secondary N) is 3. The van der Waals surface area contributed by atoms with Gasteiger partial charge in [0, 0.05) is 24.4 Å². The topological polar surface area (TPSA) is 195 Å². The van der Waals surface area contributed by atoms with Gasteiger partial charge >= 0.3 is 18.4 Å². The maximum absolute atomic E-state index is 14.9. The zero-order valence-corrected chi connectivity index (χ0v) is 37.1. The van der Waals surface area contributed by atoms with E-state index in [-0.39, 0.29) is 49.4 Å². The first kappa shape index (κ1) is 48.6. The Hall–Kier alpha value is -4.89. The van der Waals surface area contributed by atoms with E-state index in [0.29, 0.717) is 51.7 Å². The number of ether oxygens (including phenoxy) is 3. The second-order valence-corrected chi connectivity index (χ2v) is 20.3. The maximum atomic E-state index is 14.9.